The fourth-order valence-corrected chi connectivity index (χ4v) is 15.7. The summed E-state index contributed by atoms with van der Waals surface area (Å²) in [6.45, 7) is 14.2. The molecule has 0 saturated heterocycles. The monoisotopic (exact) mass is 782 g/mol. The lowest BCUT2D eigenvalue weighted by molar-refractivity contribution is 0.326. The number of benzene rings is 3. The second kappa shape index (κ2) is 16.4. The number of hydrogen-bond acceptors (Lipinski definition) is 12. The summed E-state index contributed by atoms with van der Waals surface area (Å²) in [7, 11) is 14.8. The van der Waals surface area contributed by atoms with Crippen LogP contribution in [0.5, 0.6) is 69.0 Å². The van der Waals surface area contributed by atoms with Gasteiger partial charge in [-0.1, -0.05) is 24.1 Å². The van der Waals surface area contributed by atoms with Crippen molar-refractivity contribution in [1.29, 1.82) is 0 Å². The summed E-state index contributed by atoms with van der Waals surface area (Å²) in [5.74, 6) is 4.92. The molecule has 302 valence electrons. The predicted molar refractivity (Wildman–Crippen MR) is 217 cm³/mol. The summed E-state index contributed by atoms with van der Waals surface area (Å²) in [5.41, 5.74) is 5.18. The molecular weight excluding hydrogens is 725 g/mol. The van der Waals surface area contributed by atoms with Crippen molar-refractivity contribution in [2.75, 3.05) is 85.3 Å². The lowest BCUT2D eigenvalue weighted by atomic mass is 10.0. The van der Waals surface area contributed by atoms with Crippen LogP contribution in [0.4, 0.5) is 0 Å². The van der Waals surface area contributed by atoms with Gasteiger partial charge in [-0.15, -0.1) is 0 Å². The van der Waals surface area contributed by atoms with Gasteiger partial charge in [0.25, 0.3) is 0 Å². The minimum absolute atomic E-state index is 0.388. The van der Waals surface area contributed by atoms with Crippen LogP contribution >= 0.6 is 0 Å². The molecule has 0 amide bonds. The van der Waals surface area contributed by atoms with Crippen molar-refractivity contribution in [3.63, 3.8) is 0 Å². The number of ether oxygens (including phenoxy) is 12. The Balaban J connectivity index is 2.85. The van der Waals surface area contributed by atoms with E-state index in [1.807, 2.05) is 20.8 Å². The van der Waals surface area contributed by atoms with E-state index < -0.39 is 13.1 Å². The van der Waals surface area contributed by atoms with Crippen molar-refractivity contribution in [1.82, 2.24) is 0 Å². The van der Waals surface area contributed by atoms with Crippen LogP contribution in [0, 0.1) is 20.8 Å². The molecule has 1 aliphatic rings. The quantitative estimate of drug-likeness (QED) is 0.121. The summed E-state index contributed by atoms with van der Waals surface area (Å²) < 4.78 is 76.7. The highest BCUT2D eigenvalue weighted by molar-refractivity contribution is 7.16. The maximum absolute atomic E-state index is 6.55. The van der Waals surface area contributed by atoms with Crippen molar-refractivity contribution < 1.29 is 56.8 Å². The van der Waals surface area contributed by atoms with Crippen LogP contribution in [0.3, 0.4) is 0 Å². The zero-order valence-corrected chi connectivity index (χ0v) is 37.0. The molecule has 55 heavy (non-hydrogen) atoms. The molecule has 0 saturated carbocycles. The highest BCUT2D eigenvalue weighted by atomic mass is 28.3. The fraction of sp³-hybridized carbons (Fsp3) is 0.476. The van der Waals surface area contributed by atoms with Crippen LogP contribution in [0.25, 0.3) is 0 Å². The molecule has 1 aliphatic carbocycles. The Morgan fingerprint density at radius 1 is 0.345 bits per heavy atom. The second-order valence-corrected chi connectivity index (χ2v) is 17.5. The van der Waals surface area contributed by atoms with Crippen LogP contribution in [-0.2, 0) is 0 Å². The Morgan fingerprint density at radius 2 is 0.545 bits per heavy atom. The first-order chi connectivity index (χ1) is 26.2. The van der Waals surface area contributed by atoms with E-state index >= 15 is 0 Å². The third kappa shape index (κ3) is 5.75. The zero-order chi connectivity index (χ0) is 41.3. The van der Waals surface area contributed by atoms with E-state index in [-0.39, 0.29) is 0 Å². The summed E-state index contributed by atoms with van der Waals surface area (Å²) >= 11 is 0. The lowest BCUT2D eigenvalue weighted by Crippen LogP contribution is -2.74. The Labute approximate surface area is 327 Å². The van der Waals surface area contributed by atoms with Crippen LogP contribution in [0.2, 0.25) is 5.04 Å². The average Bonchev–Trinajstić information content (AvgIpc) is 3.39. The van der Waals surface area contributed by atoms with Crippen LogP contribution < -0.4 is 72.4 Å². The molecule has 3 aromatic rings. The first-order valence-corrected chi connectivity index (χ1v) is 19.7. The number of methoxy groups -OCH3 is 12. The second-order valence-electron chi connectivity index (χ2n) is 13.4. The molecular formula is C42H58O12Si. The van der Waals surface area contributed by atoms with E-state index in [0.717, 1.165) is 16.7 Å². The lowest BCUT2D eigenvalue weighted by Gasteiger charge is -2.49. The van der Waals surface area contributed by atoms with Gasteiger partial charge in [-0.25, -0.2) is 0 Å². The van der Waals surface area contributed by atoms with Gasteiger partial charge in [-0.2, -0.15) is 0 Å². The van der Waals surface area contributed by atoms with E-state index in [0.29, 0.717) is 101 Å². The normalized spacial score (nSPS) is 15.3. The Morgan fingerprint density at radius 3 is 0.691 bits per heavy atom. The van der Waals surface area contributed by atoms with Gasteiger partial charge in [0.05, 0.1) is 85.3 Å². The van der Waals surface area contributed by atoms with E-state index in [2.05, 4.69) is 33.8 Å². The summed E-state index contributed by atoms with van der Waals surface area (Å²) in [5, 5.41) is 0.801. The highest BCUT2D eigenvalue weighted by Crippen LogP contribution is 2.61. The van der Waals surface area contributed by atoms with Crippen LogP contribution in [0.15, 0.2) is 22.8 Å². The zero-order valence-electron chi connectivity index (χ0n) is 36.0. The first-order valence-electron chi connectivity index (χ1n) is 17.7. The Kier molecular flexibility index (Phi) is 12.7. The molecule has 0 bridgehead atoms. The molecule has 3 aromatic carbocycles. The molecule has 0 spiro atoms. The smallest absolute Gasteiger partial charge is 0.191 e. The fourth-order valence-electron chi connectivity index (χ4n) is 8.87. The number of hydrogen-bond donors (Lipinski definition) is 0. The SMILES string of the molecule is COc1c(C)c(OC)c(OC)c([Si](c2c(OC)c(OC)c(C)c(OC)c2OC)(c2c(OC)c(OC)c(C)c(OC)c2OC)C2(C)C=C(C)C(C)=C2C)c1OC. The van der Waals surface area contributed by atoms with Gasteiger partial charge in [0.15, 0.2) is 77.1 Å². The van der Waals surface area contributed by atoms with Crippen molar-refractivity contribution in [2.24, 2.45) is 0 Å². The largest absolute Gasteiger partial charge is 0.493 e. The Hall–Kier alpha value is -5.04. The summed E-state index contributed by atoms with van der Waals surface area (Å²) in [4.78, 5) is 0. The van der Waals surface area contributed by atoms with Gasteiger partial charge in [0.2, 0.25) is 0 Å². The van der Waals surface area contributed by atoms with E-state index in [1.54, 1.807) is 85.3 Å². The van der Waals surface area contributed by atoms with Gasteiger partial charge in [-0.05, 0) is 47.1 Å². The third-order valence-corrected chi connectivity index (χ3v) is 17.1. The molecule has 0 radical (unpaired) electrons. The molecule has 0 heterocycles. The van der Waals surface area contributed by atoms with Crippen molar-refractivity contribution in [2.45, 2.75) is 53.5 Å². The number of rotatable bonds is 16. The van der Waals surface area contributed by atoms with Gasteiger partial charge in [0.1, 0.15) is 0 Å². The van der Waals surface area contributed by atoms with Gasteiger partial charge < -0.3 is 56.8 Å². The number of allylic oxidation sites excluding steroid dienone is 4. The van der Waals surface area contributed by atoms with Gasteiger partial charge in [0, 0.05) is 37.3 Å². The maximum Gasteiger partial charge on any atom is 0.191 e. The third-order valence-electron chi connectivity index (χ3n) is 11.4. The molecule has 0 fully saturated rings. The van der Waals surface area contributed by atoms with Crippen LogP contribution in [-0.4, -0.2) is 93.4 Å². The molecule has 1 unspecified atom stereocenters. The standard InChI is InChI=1S/C42H58O12Si/c1-21-20-42(7,26(6)22(21)2)55(39-33(49-14)27(43-8)23(3)28(44-9)34(39)50-15,40-35(51-16)29(45-10)24(4)30(46-11)36(40)52-17)41-37(53-18)31(47-12)25(5)32(48-13)38(41)54-19/h20H,1-19H3. The highest BCUT2D eigenvalue weighted by Gasteiger charge is 2.66. The minimum atomic E-state index is -4.37. The van der Waals surface area contributed by atoms with Crippen LogP contribution in [0.1, 0.15) is 44.4 Å². The topological polar surface area (TPSA) is 111 Å². The molecule has 0 aromatic heterocycles. The predicted octanol–water partition coefficient (Wildman–Crippen LogP) is 6.24. The minimum Gasteiger partial charge on any atom is -0.493 e. The molecule has 0 aliphatic heterocycles. The average molecular weight is 783 g/mol. The molecule has 1 atom stereocenters. The Bertz CT molecular complexity index is 1750. The van der Waals surface area contributed by atoms with Crippen molar-refractivity contribution >= 4 is 23.6 Å². The van der Waals surface area contributed by atoms with Gasteiger partial charge in [-0.3, -0.25) is 0 Å². The summed E-state index contributed by atoms with van der Waals surface area (Å²) in [6.07, 6.45) is 2.27. The molecule has 12 nitrogen and oxygen atoms in total. The maximum atomic E-state index is 6.55. The molecule has 0 N–H and O–H groups in total. The van der Waals surface area contributed by atoms with E-state index in [9.17, 15) is 0 Å². The molecule has 4 rings (SSSR count). The van der Waals surface area contributed by atoms with Crippen molar-refractivity contribution in [3.8, 4) is 69.0 Å². The molecule has 13 heteroatoms. The van der Waals surface area contributed by atoms with Crippen molar-refractivity contribution in [3.05, 3.63) is 39.5 Å². The van der Waals surface area contributed by atoms with E-state index in [4.69, 9.17) is 56.8 Å². The first kappa shape index (κ1) is 42.7. The van der Waals surface area contributed by atoms with Gasteiger partial charge >= 0.3 is 0 Å². The van der Waals surface area contributed by atoms with E-state index in [1.165, 1.54) is 0 Å². The summed E-state index contributed by atoms with van der Waals surface area (Å²) in [6, 6.07) is 0.